The van der Waals surface area contributed by atoms with Gasteiger partial charge in [0.25, 0.3) is 0 Å². The molecule has 0 aliphatic carbocycles. The van der Waals surface area contributed by atoms with Gasteiger partial charge in [-0.15, -0.1) is 0 Å². The minimum Gasteiger partial charge on any atom is -0.489 e. The lowest BCUT2D eigenvalue weighted by Crippen LogP contribution is -2.34. The molecule has 1 aromatic rings. The summed E-state index contributed by atoms with van der Waals surface area (Å²) in [6, 6.07) is 6.31. The molecule has 1 fully saturated rings. The number of carboxylic acids is 1. The summed E-state index contributed by atoms with van der Waals surface area (Å²) in [5, 5.41) is 20.7. The first-order chi connectivity index (χ1) is 11.5. The average Bonchev–Trinajstić information content (AvgIpc) is 3.06. The number of hydrogen-bond acceptors (Lipinski definition) is 5. The van der Waals surface area contributed by atoms with Crippen molar-refractivity contribution in [1.82, 2.24) is 4.90 Å². The Morgan fingerprint density at radius 1 is 1.46 bits per heavy atom. The summed E-state index contributed by atoms with van der Waals surface area (Å²) < 4.78 is 10.5. The molecule has 0 radical (unpaired) electrons. The van der Waals surface area contributed by atoms with Crippen molar-refractivity contribution in [3.8, 4) is 11.8 Å². The maximum Gasteiger partial charge on any atom is 0.321 e. The van der Waals surface area contributed by atoms with Gasteiger partial charge in [0.15, 0.2) is 0 Å². The van der Waals surface area contributed by atoms with E-state index in [1.807, 2.05) is 6.07 Å². The molecule has 0 bridgehead atoms. The van der Waals surface area contributed by atoms with E-state index in [0.717, 1.165) is 0 Å². The van der Waals surface area contributed by atoms with E-state index < -0.39 is 17.9 Å². The quantitative estimate of drug-likeness (QED) is 0.763. The highest BCUT2D eigenvalue weighted by Gasteiger charge is 2.31. The molecule has 128 valence electrons. The molecule has 1 aliphatic heterocycles. The van der Waals surface area contributed by atoms with E-state index in [1.54, 1.807) is 19.2 Å². The molecule has 2 amide bonds. The van der Waals surface area contributed by atoms with Crippen LogP contribution in [0.1, 0.15) is 12.0 Å². The molecule has 0 aromatic heterocycles. The number of methoxy groups -OCH3 is 1. The highest BCUT2D eigenvalue weighted by Crippen LogP contribution is 2.27. The third-order valence-corrected chi connectivity index (χ3v) is 3.72. The molecule has 1 heterocycles. The number of nitrogens with zero attached hydrogens (tertiary/aromatic N) is 2. The zero-order chi connectivity index (χ0) is 17.5. The number of carboxylic acid groups (broad SMARTS) is 1. The SMILES string of the molecule is COCCOc1ccc(C#N)cc1NC(=O)N1CCC(C(=O)O)C1. The zero-order valence-electron chi connectivity index (χ0n) is 13.3. The van der Waals surface area contributed by atoms with E-state index >= 15 is 0 Å². The molecule has 1 unspecified atom stereocenters. The molecule has 0 saturated carbocycles. The zero-order valence-corrected chi connectivity index (χ0v) is 13.3. The molecule has 1 aliphatic rings. The van der Waals surface area contributed by atoms with Crippen molar-refractivity contribution in [2.45, 2.75) is 6.42 Å². The number of carbonyl (C=O) groups excluding carboxylic acids is 1. The summed E-state index contributed by atoms with van der Waals surface area (Å²) in [6.07, 6.45) is 0.429. The van der Waals surface area contributed by atoms with Gasteiger partial charge >= 0.3 is 12.0 Å². The molecule has 2 N–H and O–H groups in total. The smallest absolute Gasteiger partial charge is 0.321 e. The van der Waals surface area contributed by atoms with E-state index in [-0.39, 0.29) is 6.54 Å². The fraction of sp³-hybridized carbons (Fsp3) is 0.438. The van der Waals surface area contributed by atoms with Crippen LogP contribution in [-0.2, 0) is 9.53 Å². The van der Waals surface area contributed by atoms with Crippen molar-refractivity contribution < 1.29 is 24.2 Å². The number of ether oxygens (including phenoxy) is 2. The fourth-order valence-corrected chi connectivity index (χ4v) is 2.40. The van der Waals surface area contributed by atoms with Gasteiger partial charge < -0.3 is 24.8 Å². The Labute approximate surface area is 139 Å². The van der Waals surface area contributed by atoms with Gasteiger partial charge in [-0.2, -0.15) is 5.26 Å². The Kier molecular flexibility index (Phi) is 5.98. The van der Waals surface area contributed by atoms with Crippen LogP contribution in [0.3, 0.4) is 0 Å². The lowest BCUT2D eigenvalue weighted by Gasteiger charge is -2.18. The Bertz CT molecular complexity index is 656. The number of rotatable bonds is 6. The van der Waals surface area contributed by atoms with Gasteiger partial charge in [-0.05, 0) is 24.6 Å². The second-order valence-electron chi connectivity index (χ2n) is 5.36. The first-order valence-electron chi connectivity index (χ1n) is 7.49. The van der Waals surface area contributed by atoms with E-state index in [9.17, 15) is 9.59 Å². The van der Waals surface area contributed by atoms with E-state index in [2.05, 4.69) is 5.32 Å². The summed E-state index contributed by atoms with van der Waals surface area (Å²) in [7, 11) is 1.55. The average molecular weight is 333 g/mol. The lowest BCUT2D eigenvalue weighted by atomic mass is 10.1. The maximum atomic E-state index is 12.3. The van der Waals surface area contributed by atoms with Gasteiger partial charge in [-0.3, -0.25) is 4.79 Å². The molecule has 8 nitrogen and oxygen atoms in total. The van der Waals surface area contributed by atoms with Gasteiger partial charge in [0, 0.05) is 20.2 Å². The Morgan fingerprint density at radius 3 is 2.88 bits per heavy atom. The normalized spacial score (nSPS) is 16.5. The van der Waals surface area contributed by atoms with Crippen molar-refractivity contribution in [3.05, 3.63) is 23.8 Å². The van der Waals surface area contributed by atoms with Crippen LogP contribution in [-0.4, -0.2) is 55.4 Å². The number of hydrogen-bond donors (Lipinski definition) is 2. The highest BCUT2D eigenvalue weighted by atomic mass is 16.5. The van der Waals surface area contributed by atoms with Crippen LogP contribution in [0, 0.1) is 17.2 Å². The summed E-state index contributed by atoms with van der Waals surface area (Å²) in [6.45, 7) is 1.23. The summed E-state index contributed by atoms with van der Waals surface area (Å²) >= 11 is 0. The van der Waals surface area contributed by atoms with Crippen molar-refractivity contribution in [3.63, 3.8) is 0 Å². The lowest BCUT2D eigenvalue weighted by molar-refractivity contribution is -0.141. The second kappa shape index (κ2) is 8.17. The summed E-state index contributed by atoms with van der Waals surface area (Å²) in [5.41, 5.74) is 0.753. The van der Waals surface area contributed by atoms with Crippen LogP contribution in [0.4, 0.5) is 10.5 Å². The van der Waals surface area contributed by atoms with E-state index in [1.165, 1.54) is 11.0 Å². The van der Waals surface area contributed by atoms with Gasteiger partial charge in [0.2, 0.25) is 0 Å². The number of aliphatic carboxylic acids is 1. The van der Waals surface area contributed by atoms with Crippen LogP contribution in [0.25, 0.3) is 0 Å². The monoisotopic (exact) mass is 333 g/mol. The van der Waals surface area contributed by atoms with Crippen LogP contribution in [0.2, 0.25) is 0 Å². The molecule has 1 aromatic carbocycles. The number of nitrogens with one attached hydrogen (secondary N) is 1. The number of nitriles is 1. The maximum absolute atomic E-state index is 12.3. The van der Waals surface area contributed by atoms with Crippen LogP contribution in [0.5, 0.6) is 5.75 Å². The summed E-state index contributed by atoms with van der Waals surface area (Å²) in [5.74, 6) is -1.02. The molecule has 8 heteroatoms. The Balaban J connectivity index is 2.08. The Morgan fingerprint density at radius 2 is 2.25 bits per heavy atom. The highest BCUT2D eigenvalue weighted by molar-refractivity contribution is 5.92. The fourth-order valence-electron chi connectivity index (χ4n) is 2.40. The second-order valence-corrected chi connectivity index (χ2v) is 5.36. The number of carbonyl (C=O) groups is 2. The molecule has 2 rings (SSSR count). The molecular weight excluding hydrogens is 314 g/mol. The van der Waals surface area contributed by atoms with Crippen molar-refractivity contribution >= 4 is 17.7 Å². The molecular formula is C16H19N3O5. The van der Waals surface area contributed by atoms with Gasteiger partial charge in [0.1, 0.15) is 12.4 Å². The Hall–Kier alpha value is -2.79. The first-order valence-corrected chi connectivity index (χ1v) is 7.49. The largest absolute Gasteiger partial charge is 0.489 e. The molecule has 0 spiro atoms. The van der Waals surface area contributed by atoms with Gasteiger partial charge in [-0.1, -0.05) is 0 Å². The van der Waals surface area contributed by atoms with Crippen LogP contribution in [0.15, 0.2) is 18.2 Å². The van der Waals surface area contributed by atoms with Crippen LogP contribution < -0.4 is 10.1 Å². The number of amides is 2. The van der Waals surface area contributed by atoms with Gasteiger partial charge in [-0.25, -0.2) is 4.79 Å². The topological polar surface area (TPSA) is 112 Å². The molecule has 24 heavy (non-hydrogen) atoms. The third-order valence-electron chi connectivity index (χ3n) is 3.72. The van der Waals surface area contributed by atoms with Crippen molar-refractivity contribution in [2.75, 3.05) is 38.7 Å². The minimum atomic E-state index is -0.902. The number of anilines is 1. The van der Waals surface area contributed by atoms with E-state index in [0.29, 0.717) is 43.2 Å². The standard InChI is InChI=1S/C16H19N3O5/c1-23-6-7-24-14-3-2-11(9-17)8-13(14)18-16(22)19-5-4-12(10-19)15(20)21/h2-3,8,12H,4-7,10H2,1H3,(H,18,22)(H,20,21). The predicted octanol–water partition coefficient (Wildman–Crippen LogP) is 1.52. The summed E-state index contributed by atoms with van der Waals surface area (Å²) in [4.78, 5) is 24.8. The molecule has 1 saturated heterocycles. The number of benzene rings is 1. The predicted molar refractivity (Wildman–Crippen MR) is 84.9 cm³/mol. The van der Waals surface area contributed by atoms with Gasteiger partial charge in [0.05, 0.1) is 29.8 Å². The van der Waals surface area contributed by atoms with E-state index in [4.69, 9.17) is 19.8 Å². The number of likely N-dealkylation sites (tertiary alicyclic amines) is 1. The first kappa shape index (κ1) is 17.6. The van der Waals surface area contributed by atoms with Crippen molar-refractivity contribution in [1.29, 1.82) is 5.26 Å². The number of urea groups is 1. The minimum absolute atomic E-state index is 0.166. The van der Waals surface area contributed by atoms with Crippen LogP contribution >= 0.6 is 0 Å². The van der Waals surface area contributed by atoms with Crippen molar-refractivity contribution in [2.24, 2.45) is 5.92 Å². The molecule has 1 atom stereocenters. The third kappa shape index (κ3) is 4.36.